The number of rotatable bonds is 4. The van der Waals surface area contributed by atoms with E-state index in [1.807, 2.05) is 66.7 Å². The first-order valence-corrected chi connectivity index (χ1v) is 12.3. The lowest BCUT2D eigenvalue weighted by Gasteiger charge is -2.42. The fraction of sp³-hybridized carbons (Fsp3) is 0.200. The summed E-state index contributed by atoms with van der Waals surface area (Å²) in [4.78, 5) is 34.3. The number of nitrogens with zero attached hydrogens (tertiary/aromatic N) is 2. The number of nitrogens with one attached hydrogen (secondary N) is 1. The lowest BCUT2D eigenvalue weighted by Crippen LogP contribution is -2.54. The van der Waals surface area contributed by atoms with E-state index in [1.165, 1.54) is 0 Å². The molecule has 186 valence electrons. The monoisotopic (exact) mass is 493 g/mol. The molecule has 37 heavy (non-hydrogen) atoms. The van der Waals surface area contributed by atoms with Gasteiger partial charge in [0, 0.05) is 43.2 Å². The predicted molar refractivity (Wildman–Crippen MR) is 141 cm³/mol. The smallest absolute Gasteiger partial charge is 0.248 e. The van der Waals surface area contributed by atoms with Crippen LogP contribution in [0.4, 0.5) is 0 Å². The van der Waals surface area contributed by atoms with Crippen molar-refractivity contribution in [2.75, 3.05) is 20.9 Å². The maximum absolute atomic E-state index is 13.9. The topological polar surface area (TPSA) is 74.9 Å². The van der Waals surface area contributed by atoms with E-state index in [2.05, 4.69) is 11.1 Å². The molecular weight excluding hydrogens is 466 g/mol. The maximum atomic E-state index is 13.9. The number of likely N-dealkylation sites (N-methyl/N-ethyl adjacent to an activating group) is 1. The number of ether oxygens (including phenoxy) is 2. The van der Waals surface area contributed by atoms with Gasteiger partial charge in [-0.25, -0.2) is 0 Å². The van der Waals surface area contributed by atoms with Crippen molar-refractivity contribution < 1.29 is 19.1 Å². The Morgan fingerprint density at radius 1 is 0.973 bits per heavy atom. The van der Waals surface area contributed by atoms with Gasteiger partial charge >= 0.3 is 0 Å². The van der Waals surface area contributed by atoms with Crippen LogP contribution in [-0.4, -0.2) is 53.5 Å². The van der Waals surface area contributed by atoms with Crippen LogP contribution in [-0.2, 0) is 16.0 Å². The van der Waals surface area contributed by atoms with Gasteiger partial charge in [-0.05, 0) is 41.0 Å². The van der Waals surface area contributed by atoms with Crippen molar-refractivity contribution in [3.63, 3.8) is 0 Å². The zero-order valence-electron chi connectivity index (χ0n) is 20.7. The highest BCUT2D eigenvalue weighted by Gasteiger charge is 2.43. The van der Waals surface area contributed by atoms with E-state index in [9.17, 15) is 9.59 Å². The molecule has 4 aromatic rings. The Hall–Kier alpha value is -4.52. The lowest BCUT2D eigenvalue weighted by molar-refractivity contribution is -0.144. The number of carbonyl (C=O) groups excluding carboxylic acids is 2. The Kier molecular flexibility index (Phi) is 5.68. The minimum Gasteiger partial charge on any atom is -0.454 e. The van der Waals surface area contributed by atoms with E-state index >= 15 is 0 Å². The minimum atomic E-state index is -0.676. The summed E-state index contributed by atoms with van der Waals surface area (Å²) < 4.78 is 11.2. The molecule has 1 N–H and O–H groups in total. The molecule has 3 heterocycles. The second-order valence-electron chi connectivity index (χ2n) is 9.52. The number of fused-ring (bicyclic) bond motifs is 4. The summed E-state index contributed by atoms with van der Waals surface area (Å²) in [7, 11) is 3.45. The first-order chi connectivity index (χ1) is 18.0. The van der Waals surface area contributed by atoms with Crippen molar-refractivity contribution in [1.29, 1.82) is 0 Å². The van der Waals surface area contributed by atoms with Crippen molar-refractivity contribution in [3.8, 4) is 11.5 Å². The quantitative estimate of drug-likeness (QED) is 0.424. The normalized spacial score (nSPS) is 18.3. The van der Waals surface area contributed by atoms with Crippen LogP contribution in [0.15, 0.2) is 78.9 Å². The fourth-order valence-corrected chi connectivity index (χ4v) is 5.30. The van der Waals surface area contributed by atoms with E-state index in [-0.39, 0.29) is 18.6 Å². The SMILES string of the molecule is CN(C)C(=O)[C@H]1Cc2c([nH]c3ccccc23)[C@@H](c2ccc3c(c2)OCO3)N1C(=O)C=Cc1ccccc1. The van der Waals surface area contributed by atoms with E-state index < -0.39 is 12.1 Å². The maximum Gasteiger partial charge on any atom is 0.248 e. The van der Waals surface area contributed by atoms with Crippen LogP contribution in [0.5, 0.6) is 11.5 Å². The number of hydrogen-bond donors (Lipinski definition) is 1. The van der Waals surface area contributed by atoms with Crippen molar-refractivity contribution in [2.24, 2.45) is 0 Å². The average Bonchev–Trinajstić information content (AvgIpc) is 3.54. The minimum absolute atomic E-state index is 0.122. The van der Waals surface area contributed by atoms with Gasteiger partial charge in [0.1, 0.15) is 6.04 Å². The summed E-state index contributed by atoms with van der Waals surface area (Å²) in [5.74, 6) is 0.932. The van der Waals surface area contributed by atoms with Crippen molar-refractivity contribution in [2.45, 2.75) is 18.5 Å². The largest absolute Gasteiger partial charge is 0.454 e. The van der Waals surface area contributed by atoms with E-state index in [1.54, 1.807) is 36.0 Å². The molecule has 2 aliphatic rings. The number of carbonyl (C=O) groups is 2. The third-order valence-corrected chi connectivity index (χ3v) is 7.04. The van der Waals surface area contributed by atoms with Crippen molar-refractivity contribution in [3.05, 3.63) is 101 Å². The molecule has 0 radical (unpaired) electrons. The molecule has 0 aliphatic carbocycles. The van der Waals surface area contributed by atoms with Crippen LogP contribution >= 0.6 is 0 Å². The highest BCUT2D eigenvalue weighted by Crippen LogP contribution is 2.44. The van der Waals surface area contributed by atoms with Gasteiger partial charge in [0.2, 0.25) is 18.6 Å². The number of hydrogen-bond acceptors (Lipinski definition) is 4. The first-order valence-electron chi connectivity index (χ1n) is 12.3. The van der Waals surface area contributed by atoms with Crippen LogP contribution in [0.1, 0.15) is 28.4 Å². The molecule has 6 rings (SSSR count). The molecule has 2 atom stereocenters. The summed E-state index contributed by atoms with van der Waals surface area (Å²) in [6, 6.07) is 22.2. The number of H-pyrrole nitrogens is 1. The van der Waals surface area contributed by atoms with Crippen LogP contribution in [0.25, 0.3) is 17.0 Å². The van der Waals surface area contributed by atoms with E-state index in [0.29, 0.717) is 17.9 Å². The molecule has 7 nitrogen and oxygen atoms in total. The zero-order valence-corrected chi connectivity index (χ0v) is 20.7. The van der Waals surface area contributed by atoms with Gasteiger partial charge in [0.15, 0.2) is 11.5 Å². The Morgan fingerprint density at radius 2 is 1.73 bits per heavy atom. The molecule has 7 heteroatoms. The molecule has 0 bridgehead atoms. The fourth-order valence-electron chi connectivity index (χ4n) is 5.30. The predicted octanol–water partition coefficient (Wildman–Crippen LogP) is 4.54. The zero-order chi connectivity index (χ0) is 25.5. The number of aromatic nitrogens is 1. The van der Waals surface area contributed by atoms with Crippen LogP contribution in [0, 0.1) is 0 Å². The number of amides is 2. The van der Waals surface area contributed by atoms with Crippen LogP contribution < -0.4 is 9.47 Å². The molecule has 0 saturated heterocycles. The number of benzene rings is 3. The van der Waals surface area contributed by atoms with E-state index in [0.717, 1.165) is 33.3 Å². The molecular formula is C30H27N3O4. The van der Waals surface area contributed by atoms with Crippen LogP contribution in [0.3, 0.4) is 0 Å². The van der Waals surface area contributed by atoms with Gasteiger partial charge in [0.25, 0.3) is 0 Å². The third kappa shape index (κ3) is 4.02. The second kappa shape index (κ2) is 9.17. The van der Waals surface area contributed by atoms with Gasteiger partial charge in [-0.15, -0.1) is 0 Å². The first kappa shape index (κ1) is 22.9. The van der Waals surface area contributed by atoms with Gasteiger partial charge < -0.3 is 24.3 Å². The Morgan fingerprint density at radius 3 is 2.54 bits per heavy atom. The molecule has 2 amide bonds. The number of aromatic amines is 1. The van der Waals surface area contributed by atoms with Gasteiger partial charge in [0.05, 0.1) is 6.04 Å². The summed E-state index contributed by atoms with van der Waals surface area (Å²) >= 11 is 0. The van der Waals surface area contributed by atoms with Crippen molar-refractivity contribution in [1.82, 2.24) is 14.8 Å². The summed E-state index contributed by atoms with van der Waals surface area (Å²) in [6.45, 7) is 0.158. The standard InChI is InChI=1S/C30H27N3O4/c1-32(2)30(35)24-17-22-21-10-6-7-11-23(21)31-28(22)29(20-13-14-25-26(16-20)37-18-36-25)33(24)27(34)15-12-19-8-4-3-5-9-19/h3-16,24,29,31H,17-18H2,1-2H3/t24-,29-/m1/s1. The second-order valence-corrected chi connectivity index (χ2v) is 9.52. The van der Waals surface area contributed by atoms with Gasteiger partial charge in [-0.1, -0.05) is 54.6 Å². The third-order valence-electron chi connectivity index (χ3n) is 7.04. The molecule has 0 spiro atoms. The summed E-state index contributed by atoms with van der Waals surface area (Å²) in [6.07, 6.45) is 3.76. The lowest BCUT2D eigenvalue weighted by atomic mass is 9.87. The summed E-state index contributed by atoms with van der Waals surface area (Å²) in [5, 5.41) is 1.06. The molecule has 0 unspecified atom stereocenters. The highest BCUT2D eigenvalue weighted by molar-refractivity contribution is 5.98. The molecule has 2 aliphatic heterocycles. The van der Waals surface area contributed by atoms with Gasteiger partial charge in [-0.3, -0.25) is 9.59 Å². The average molecular weight is 494 g/mol. The highest BCUT2D eigenvalue weighted by atomic mass is 16.7. The van der Waals surface area contributed by atoms with E-state index in [4.69, 9.17) is 9.47 Å². The molecule has 0 saturated carbocycles. The molecule has 3 aromatic carbocycles. The Bertz CT molecular complexity index is 1520. The molecule has 1 aromatic heterocycles. The summed E-state index contributed by atoms with van der Waals surface area (Å²) in [5.41, 5.74) is 4.69. The Balaban J connectivity index is 1.53. The van der Waals surface area contributed by atoms with Gasteiger partial charge in [-0.2, -0.15) is 0 Å². The molecule has 0 fully saturated rings. The van der Waals surface area contributed by atoms with Crippen molar-refractivity contribution >= 4 is 28.8 Å². The Labute approximate surface area is 214 Å². The van der Waals surface area contributed by atoms with Crippen LogP contribution in [0.2, 0.25) is 0 Å². The number of para-hydroxylation sites is 1.